The third-order valence-corrected chi connectivity index (χ3v) is 7.06. The van der Waals surface area contributed by atoms with E-state index in [1.807, 2.05) is 66.0 Å². The van der Waals surface area contributed by atoms with Gasteiger partial charge in [0.05, 0.1) is 6.04 Å². The predicted octanol–water partition coefficient (Wildman–Crippen LogP) is 4.33. The maximum atomic E-state index is 12.5. The molecular formula is C27H30N4O3S. The van der Waals surface area contributed by atoms with E-state index in [1.165, 1.54) is 0 Å². The van der Waals surface area contributed by atoms with E-state index in [-0.39, 0.29) is 36.0 Å². The number of carbonyl (C=O) groups excluding carboxylic acids is 2. The van der Waals surface area contributed by atoms with Gasteiger partial charge in [0.25, 0.3) is 0 Å². The Morgan fingerprint density at radius 3 is 2.54 bits per heavy atom. The van der Waals surface area contributed by atoms with Gasteiger partial charge in [-0.05, 0) is 74.0 Å². The summed E-state index contributed by atoms with van der Waals surface area (Å²) in [4.78, 5) is 25.9. The zero-order valence-electron chi connectivity index (χ0n) is 19.5. The summed E-state index contributed by atoms with van der Waals surface area (Å²) in [6.07, 6.45) is 3.25. The van der Waals surface area contributed by atoms with Crippen molar-refractivity contribution in [2.75, 3.05) is 6.54 Å². The van der Waals surface area contributed by atoms with Crippen molar-refractivity contribution in [1.29, 1.82) is 5.41 Å². The smallest absolute Gasteiger partial charge is 0.243 e. The fourth-order valence-electron chi connectivity index (χ4n) is 4.19. The Morgan fingerprint density at radius 1 is 1.14 bits per heavy atom. The van der Waals surface area contributed by atoms with Crippen molar-refractivity contribution < 1.29 is 14.3 Å². The molecule has 0 spiro atoms. The molecule has 0 bridgehead atoms. The molecule has 5 N–H and O–H groups in total. The number of nitrogen functional groups attached to an aromatic ring is 1. The molecule has 2 heterocycles. The van der Waals surface area contributed by atoms with Gasteiger partial charge in [-0.25, -0.2) is 0 Å². The molecule has 1 saturated heterocycles. The predicted molar refractivity (Wildman–Crippen MR) is 138 cm³/mol. The molecular weight excluding hydrogens is 460 g/mol. The Bertz CT molecular complexity index is 1150. The average Bonchev–Trinajstić information content (AvgIpc) is 3.56. The molecule has 7 nitrogen and oxygen atoms in total. The SMILES string of the molecule is N=C(N)c1csc(C[C@H](CCC(=O)NC(=O)[C@@H]2CCCN2)c2ccc(Oc3ccccc3)cc2)c1. The quantitative estimate of drug-likeness (QED) is 0.249. The van der Waals surface area contributed by atoms with Crippen LogP contribution in [0.15, 0.2) is 66.0 Å². The van der Waals surface area contributed by atoms with Crippen LogP contribution in [0.5, 0.6) is 11.5 Å². The number of hydrogen-bond donors (Lipinski definition) is 4. The highest BCUT2D eigenvalue weighted by Gasteiger charge is 2.24. The number of hydrogen-bond acceptors (Lipinski definition) is 6. The van der Waals surface area contributed by atoms with E-state index < -0.39 is 0 Å². The van der Waals surface area contributed by atoms with Gasteiger partial charge >= 0.3 is 0 Å². The molecule has 1 fully saturated rings. The molecule has 182 valence electrons. The fourth-order valence-corrected chi connectivity index (χ4v) is 5.16. The summed E-state index contributed by atoms with van der Waals surface area (Å²) in [7, 11) is 0. The first-order valence-electron chi connectivity index (χ1n) is 11.8. The zero-order valence-corrected chi connectivity index (χ0v) is 20.3. The largest absolute Gasteiger partial charge is 0.457 e. The molecule has 0 saturated carbocycles. The number of carbonyl (C=O) groups is 2. The Kier molecular flexibility index (Phi) is 8.28. The summed E-state index contributed by atoms with van der Waals surface area (Å²) in [5.74, 6) is 1.12. The van der Waals surface area contributed by atoms with E-state index in [0.717, 1.165) is 41.3 Å². The third kappa shape index (κ3) is 7.00. The van der Waals surface area contributed by atoms with Gasteiger partial charge in [-0.15, -0.1) is 11.3 Å². The van der Waals surface area contributed by atoms with Crippen LogP contribution in [0, 0.1) is 5.41 Å². The highest BCUT2D eigenvalue weighted by molar-refractivity contribution is 7.10. The first-order chi connectivity index (χ1) is 17.0. The lowest BCUT2D eigenvalue weighted by Gasteiger charge is -2.18. The van der Waals surface area contributed by atoms with Crippen molar-refractivity contribution in [1.82, 2.24) is 10.6 Å². The Balaban J connectivity index is 1.43. The molecule has 4 rings (SSSR count). The summed E-state index contributed by atoms with van der Waals surface area (Å²) in [6.45, 7) is 0.807. The molecule has 1 aromatic heterocycles. The van der Waals surface area contributed by atoms with Crippen molar-refractivity contribution >= 4 is 29.0 Å². The van der Waals surface area contributed by atoms with Crippen LogP contribution in [0.1, 0.15) is 47.6 Å². The molecule has 2 amide bonds. The van der Waals surface area contributed by atoms with Crippen molar-refractivity contribution in [3.05, 3.63) is 82.0 Å². The second-order valence-electron chi connectivity index (χ2n) is 8.70. The summed E-state index contributed by atoms with van der Waals surface area (Å²) in [5, 5.41) is 15.2. The molecule has 3 aromatic rings. The second kappa shape index (κ2) is 11.8. The first-order valence-corrected chi connectivity index (χ1v) is 12.7. The standard InChI is InChI=1S/C27H30N4O3S/c28-26(29)20-16-23(35-17-20)15-19(10-13-25(32)31-27(33)24-7-4-14-30-24)18-8-11-22(12-9-18)34-21-5-2-1-3-6-21/h1-3,5-6,8-9,11-12,16-17,19,24,30H,4,7,10,13-15H2,(H3,28,29)(H,31,32,33)/t19-,24-/m0/s1. The molecule has 0 radical (unpaired) electrons. The van der Waals surface area contributed by atoms with Crippen LogP contribution in [0.2, 0.25) is 0 Å². The summed E-state index contributed by atoms with van der Waals surface area (Å²) in [6, 6.07) is 19.2. The van der Waals surface area contributed by atoms with Crippen LogP contribution in [-0.4, -0.2) is 30.2 Å². The highest BCUT2D eigenvalue weighted by atomic mass is 32.1. The van der Waals surface area contributed by atoms with Gasteiger partial charge in [-0.2, -0.15) is 0 Å². The Morgan fingerprint density at radius 2 is 1.89 bits per heavy atom. The van der Waals surface area contributed by atoms with Gasteiger partial charge in [0.1, 0.15) is 17.3 Å². The molecule has 0 unspecified atom stereocenters. The minimum absolute atomic E-state index is 0.0462. The van der Waals surface area contributed by atoms with Gasteiger partial charge in [0.2, 0.25) is 11.8 Å². The van der Waals surface area contributed by atoms with E-state index in [9.17, 15) is 9.59 Å². The summed E-state index contributed by atoms with van der Waals surface area (Å²) in [5.41, 5.74) is 7.43. The topological polar surface area (TPSA) is 117 Å². The fraction of sp³-hybridized carbons (Fsp3) is 0.296. The van der Waals surface area contributed by atoms with Crippen LogP contribution in [0.4, 0.5) is 0 Å². The molecule has 35 heavy (non-hydrogen) atoms. The lowest BCUT2D eigenvalue weighted by atomic mass is 9.90. The summed E-state index contributed by atoms with van der Waals surface area (Å²) >= 11 is 1.56. The molecule has 2 aromatic carbocycles. The second-order valence-corrected chi connectivity index (χ2v) is 9.70. The van der Waals surface area contributed by atoms with E-state index in [0.29, 0.717) is 18.4 Å². The van der Waals surface area contributed by atoms with E-state index in [1.54, 1.807) is 11.3 Å². The molecule has 1 aliphatic heterocycles. The van der Waals surface area contributed by atoms with Crippen molar-refractivity contribution in [2.45, 2.75) is 44.1 Å². The number of amides is 2. The van der Waals surface area contributed by atoms with Crippen LogP contribution in [0.3, 0.4) is 0 Å². The monoisotopic (exact) mass is 490 g/mol. The van der Waals surface area contributed by atoms with Crippen LogP contribution >= 0.6 is 11.3 Å². The number of ether oxygens (including phenoxy) is 1. The maximum Gasteiger partial charge on any atom is 0.243 e. The van der Waals surface area contributed by atoms with E-state index >= 15 is 0 Å². The lowest BCUT2D eigenvalue weighted by Crippen LogP contribution is -2.43. The van der Waals surface area contributed by atoms with Gasteiger partial charge in [-0.3, -0.25) is 20.3 Å². The number of imide groups is 1. The minimum Gasteiger partial charge on any atom is -0.457 e. The van der Waals surface area contributed by atoms with E-state index in [4.69, 9.17) is 15.9 Å². The Labute approximate surface area is 209 Å². The van der Waals surface area contributed by atoms with Gasteiger partial charge in [0, 0.05) is 22.2 Å². The number of nitrogens with two attached hydrogens (primary N) is 1. The molecule has 2 atom stereocenters. The number of benzene rings is 2. The number of para-hydroxylation sites is 1. The molecule has 1 aliphatic rings. The third-order valence-electron chi connectivity index (χ3n) is 6.10. The number of amidine groups is 1. The first kappa shape index (κ1) is 24.6. The van der Waals surface area contributed by atoms with Crippen molar-refractivity contribution in [3.63, 3.8) is 0 Å². The lowest BCUT2D eigenvalue weighted by molar-refractivity contribution is -0.131. The van der Waals surface area contributed by atoms with Gasteiger partial charge in [0.15, 0.2) is 0 Å². The average molecular weight is 491 g/mol. The highest BCUT2D eigenvalue weighted by Crippen LogP contribution is 2.31. The number of thiophene rings is 1. The van der Waals surface area contributed by atoms with Crippen LogP contribution in [0.25, 0.3) is 0 Å². The van der Waals surface area contributed by atoms with Crippen LogP contribution in [-0.2, 0) is 16.0 Å². The normalized spacial score (nSPS) is 15.9. The Hall–Kier alpha value is -3.49. The molecule has 8 heteroatoms. The number of rotatable bonds is 10. The van der Waals surface area contributed by atoms with Crippen molar-refractivity contribution in [3.8, 4) is 11.5 Å². The van der Waals surface area contributed by atoms with Crippen molar-refractivity contribution in [2.24, 2.45) is 5.73 Å². The molecule has 0 aliphatic carbocycles. The van der Waals surface area contributed by atoms with Gasteiger partial charge in [-0.1, -0.05) is 30.3 Å². The van der Waals surface area contributed by atoms with Gasteiger partial charge < -0.3 is 15.8 Å². The van der Waals surface area contributed by atoms with E-state index in [2.05, 4.69) is 10.6 Å². The zero-order chi connectivity index (χ0) is 24.6. The maximum absolute atomic E-state index is 12.5. The minimum atomic E-state index is -0.275. The van der Waals surface area contributed by atoms with Crippen LogP contribution < -0.4 is 21.1 Å². The number of nitrogens with one attached hydrogen (secondary N) is 3. The summed E-state index contributed by atoms with van der Waals surface area (Å²) < 4.78 is 5.91.